The summed E-state index contributed by atoms with van der Waals surface area (Å²) in [6.07, 6.45) is 4.95. The Balaban J connectivity index is 1.76. The Morgan fingerprint density at radius 2 is 2.10 bits per heavy atom. The standard InChI is InChI=1S/C14H19BrN2O2S/c1-17(14(19)11-6-7-12(15)20-11)9-13(18)16-8-10-4-2-3-5-10/h6-7,10H,2-5,8-9H2,1H3,(H,16,18). The maximum atomic E-state index is 12.1. The normalized spacial score (nSPS) is 15.3. The van der Waals surface area contributed by atoms with E-state index in [-0.39, 0.29) is 18.4 Å². The number of halogens is 1. The highest BCUT2D eigenvalue weighted by Crippen LogP contribution is 2.24. The number of hydrogen-bond donors (Lipinski definition) is 1. The van der Waals surface area contributed by atoms with Crippen molar-refractivity contribution in [3.05, 3.63) is 20.8 Å². The third kappa shape index (κ3) is 4.31. The van der Waals surface area contributed by atoms with Gasteiger partial charge in [0.15, 0.2) is 0 Å². The van der Waals surface area contributed by atoms with Gasteiger partial charge in [0.25, 0.3) is 5.91 Å². The van der Waals surface area contributed by atoms with Crippen molar-refractivity contribution in [2.24, 2.45) is 5.92 Å². The van der Waals surface area contributed by atoms with Gasteiger partial charge in [0.05, 0.1) is 15.2 Å². The van der Waals surface area contributed by atoms with Gasteiger partial charge in [-0.15, -0.1) is 11.3 Å². The largest absolute Gasteiger partial charge is 0.354 e. The van der Waals surface area contributed by atoms with Crippen LogP contribution in [0.2, 0.25) is 0 Å². The van der Waals surface area contributed by atoms with Crippen molar-refractivity contribution >= 4 is 39.1 Å². The summed E-state index contributed by atoms with van der Waals surface area (Å²) in [4.78, 5) is 26.0. The van der Waals surface area contributed by atoms with Gasteiger partial charge in [-0.1, -0.05) is 12.8 Å². The van der Waals surface area contributed by atoms with Crippen molar-refractivity contribution in [1.29, 1.82) is 0 Å². The number of likely N-dealkylation sites (N-methyl/N-ethyl adjacent to an activating group) is 1. The van der Waals surface area contributed by atoms with Crippen molar-refractivity contribution in [2.75, 3.05) is 20.1 Å². The Hall–Kier alpha value is -0.880. The Kier molecular flexibility index (Phi) is 5.60. The van der Waals surface area contributed by atoms with E-state index in [0.717, 1.165) is 10.3 Å². The van der Waals surface area contributed by atoms with E-state index in [9.17, 15) is 9.59 Å². The number of nitrogens with one attached hydrogen (secondary N) is 1. The van der Waals surface area contributed by atoms with E-state index in [1.165, 1.54) is 41.9 Å². The molecule has 0 aliphatic heterocycles. The number of amides is 2. The van der Waals surface area contributed by atoms with Gasteiger partial charge in [-0.05, 0) is 46.8 Å². The van der Waals surface area contributed by atoms with Gasteiger partial charge in [0.1, 0.15) is 0 Å². The van der Waals surface area contributed by atoms with Crippen molar-refractivity contribution in [1.82, 2.24) is 10.2 Å². The van der Waals surface area contributed by atoms with Crippen LogP contribution in [0.3, 0.4) is 0 Å². The molecular formula is C14H19BrN2O2S. The van der Waals surface area contributed by atoms with E-state index in [2.05, 4.69) is 21.2 Å². The minimum atomic E-state index is -0.114. The van der Waals surface area contributed by atoms with Gasteiger partial charge in [-0.2, -0.15) is 0 Å². The zero-order chi connectivity index (χ0) is 14.5. The number of carbonyl (C=O) groups excluding carboxylic acids is 2. The third-order valence-corrected chi connectivity index (χ3v) is 5.19. The fourth-order valence-electron chi connectivity index (χ4n) is 2.43. The number of thiophene rings is 1. The summed E-state index contributed by atoms with van der Waals surface area (Å²) in [5.41, 5.74) is 0. The SMILES string of the molecule is CN(CC(=O)NCC1CCCC1)C(=O)c1ccc(Br)s1. The summed E-state index contributed by atoms with van der Waals surface area (Å²) < 4.78 is 0.917. The van der Waals surface area contributed by atoms with Crippen molar-refractivity contribution in [2.45, 2.75) is 25.7 Å². The fourth-order valence-corrected chi connectivity index (χ4v) is 3.81. The monoisotopic (exact) mass is 358 g/mol. The summed E-state index contributed by atoms with van der Waals surface area (Å²) in [6, 6.07) is 3.61. The molecule has 1 saturated carbocycles. The van der Waals surface area contributed by atoms with Gasteiger partial charge in [0.2, 0.25) is 5.91 Å². The van der Waals surface area contributed by atoms with Crippen LogP contribution in [0.4, 0.5) is 0 Å². The molecule has 1 aromatic heterocycles. The lowest BCUT2D eigenvalue weighted by Gasteiger charge is -2.17. The molecule has 0 bridgehead atoms. The molecule has 0 atom stereocenters. The van der Waals surface area contributed by atoms with Crippen molar-refractivity contribution < 1.29 is 9.59 Å². The molecule has 1 heterocycles. The average molecular weight is 359 g/mol. The summed E-state index contributed by atoms with van der Waals surface area (Å²) in [5.74, 6) is 0.424. The van der Waals surface area contributed by atoms with Crippen LogP contribution in [0.5, 0.6) is 0 Å². The number of rotatable bonds is 5. The summed E-state index contributed by atoms with van der Waals surface area (Å²) in [5, 5.41) is 2.93. The van der Waals surface area contributed by atoms with Gasteiger partial charge in [0, 0.05) is 13.6 Å². The maximum Gasteiger partial charge on any atom is 0.264 e. The minimum absolute atomic E-state index is 0.0802. The molecule has 0 spiro atoms. The molecule has 4 nitrogen and oxygen atoms in total. The summed E-state index contributed by atoms with van der Waals surface area (Å²) >= 11 is 4.71. The molecule has 2 rings (SSSR count). The highest BCUT2D eigenvalue weighted by Gasteiger charge is 2.19. The second-order valence-electron chi connectivity index (χ2n) is 5.22. The van der Waals surface area contributed by atoms with Crippen LogP contribution in [0, 0.1) is 5.92 Å². The van der Waals surface area contributed by atoms with Gasteiger partial charge < -0.3 is 10.2 Å². The third-order valence-electron chi connectivity index (χ3n) is 3.57. The van der Waals surface area contributed by atoms with Crippen LogP contribution in [0.25, 0.3) is 0 Å². The summed E-state index contributed by atoms with van der Waals surface area (Å²) in [7, 11) is 1.66. The molecule has 1 aliphatic rings. The van der Waals surface area contributed by atoms with Crippen LogP contribution >= 0.6 is 27.3 Å². The fraction of sp³-hybridized carbons (Fsp3) is 0.571. The zero-order valence-electron chi connectivity index (χ0n) is 11.5. The van der Waals surface area contributed by atoms with E-state index < -0.39 is 0 Å². The smallest absolute Gasteiger partial charge is 0.264 e. The van der Waals surface area contributed by atoms with Crippen molar-refractivity contribution in [3.8, 4) is 0 Å². The Labute approximate surface area is 131 Å². The molecule has 0 saturated heterocycles. The molecule has 110 valence electrons. The summed E-state index contributed by atoms with van der Waals surface area (Å²) in [6.45, 7) is 0.854. The minimum Gasteiger partial charge on any atom is -0.354 e. The number of hydrogen-bond acceptors (Lipinski definition) is 3. The first-order valence-corrected chi connectivity index (χ1v) is 8.44. The molecule has 0 radical (unpaired) electrons. The number of carbonyl (C=O) groups is 2. The molecule has 1 N–H and O–H groups in total. The molecule has 0 aromatic carbocycles. The van der Waals surface area contributed by atoms with E-state index >= 15 is 0 Å². The molecule has 6 heteroatoms. The lowest BCUT2D eigenvalue weighted by atomic mass is 10.1. The number of nitrogens with zero attached hydrogens (tertiary/aromatic N) is 1. The average Bonchev–Trinajstić information content (AvgIpc) is 3.06. The van der Waals surface area contributed by atoms with Crippen LogP contribution in [0.1, 0.15) is 35.4 Å². The lowest BCUT2D eigenvalue weighted by molar-refractivity contribution is -0.121. The first kappa shape index (κ1) is 15.5. The van der Waals surface area contributed by atoms with Gasteiger partial charge >= 0.3 is 0 Å². The Morgan fingerprint density at radius 3 is 2.70 bits per heavy atom. The molecule has 1 aromatic rings. The first-order chi connectivity index (χ1) is 9.56. The second-order valence-corrected chi connectivity index (χ2v) is 7.68. The van der Waals surface area contributed by atoms with E-state index in [0.29, 0.717) is 10.8 Å². The lowest BCUT2D eigenvalue weighted by Crippen LogP contribution is -2.39. The molecule has 0 unspecified atom stereocenters. The van der Waals surface area contributed by atoms with Crippen LogP contribution in [0.15, 0.2) is 15.9 Å². The Morgan fingerprint density at radius 1 is 1.40 bits per heavy atom. The van der Waals surface area contributed by atoms with E-state index in [4.69, 9.17) is 0 Å². The van der Waals surface area contributed by atoms with Crippen LogP contribution < -0.4 is 5.32 Å². The van der Waals surface area contributed by atoms with Crippen molar-refractivity contribution in [3.63, 3.8) is 0 Å². The van der Waals surface area contributed by atoms with E-state index in [1.807, 2.05) is 6.07 Å². The molecule has 20 heavy (non-hydrogen) atoms. The Bertz CT molecular complexity index is 483. The van der Waals surface area contributed by atoms with Gasteiger partial charge in [-0.25, -0.2) is 0 Å². The van der Waals surface area contributed by atoms with Crippen LogP contribution in [-0.2, 0) is 4.79 Å². The zero-order valence-corrected chi connectivity index (χ0v) is 13.9. The molecule has 2 amide bonds. The molecule has 1 fully saturated rings. The predicted molar refractivity (Wildman–Crippen MR) is 83.9 cm³/mol. The second kappa shape index (κ2) is 7.22. The highest BCUT2D eigenvalue weighted by atomic mass is 79.9. The van der Waals surface area contributed by atoms with E-state index in [1.54, 1.807) is 13.1 Å². The first-order valence-electron chi connectivity index (χ1n) is 6.84. The maximum absolute atomic E-state index is 12.1. The molecule has 1 aliphatic carbocycles. The topological polar surface area (TPSA) is 49.4 Å². The van der Waals surface area contributed by atoms with Gasteiger partial charge in [-0.3, -0.25) is 9.59 Å². The van der Waals surface area contributed by atoms with Crippen LogP contribution in [-0.4, -0.2) is 36.9 Å². The quantitative estimate of drug-likeness (QED) is 0.879. The predicted octanol–water partition coefficient (Wildman–Crippen LogP) is 2.89. The molecular weight excluding hydrogens is 340 g/mol. The highest BCUT2D eigenvalue weighted by molar-refractivity contribution is 9.11.